The van der Waals surface area contributed by atoms with Gasteiger partial charge >= 0.3 is 0 Å². The van der Waals surface area contributed by atoms with Crippen molar-refractivity contribution in [3.05, 3.63) is 29.8 Å². The maximum Gasteiger partial charge on any atom is 0.236 e. The Morgan fingerprint density at radius 3 is 2.50 bits per heavy atom. The average Bonchev–Trinajstić information content (AvgIpc) is 3.23. The summed E-state index contributed by atoms with van der Waals surface area (Å²) in [7, 11) is 3.27. The zero-order valence-corrected chi connectivity index (χ0v) is 21.3. The van der Waals surface area contributed by atoms with E-state index in [4.69, 9.17) is 29.2 Å². The lowest BCUT2D eigenvalue weighted by atomic mass is 10.1. The number of anilines is 1. The first-order chi connectivity index (χ1) is 16.1. The van der Waals surface area contributed by atoms with E-state index >= 15 is 0 Å². The van der Waals surface area contributed by atoms with E-state index in [0.717, 1.165) is 69.4 Å². The molecule has 0 spiro atoms. The number of aryl methyl sites for hydroxylation is 1. The maximum absolute atomic E-state index is 5.95. The highest BCUT2D eigenvalue weighted by Crippen LogP contribution is 2.41. The third-order valence-corrected chi connectivity index (χ3v) is 6.86. The number of ether oxygens (including phenoxy) is 3. The Morgan fingerprint density at radius 1 is 1.03 bits per heavy atom. The van der Waals surface area contributed by atoms with Crippen LogP contribution in [0, 0.1) is 6.92 Å². The lowest BCUT2D eigenvalue weighted by molar-refractivity contribution is 0.331. The van der Waals surface area contributed by atoms with E-state index in [1.54, 1.807) is 25.6 Å². The van der Waals surface area contributed by atoms with Crippen LogP contribution in [0.15, 0.2) is 24.3 Å². The van der Waals surface area contributed by atoms with Crippen molar-refractivity contribution in [2.24, 2.45) is 0 Å². The molecule has 1 N–H and O–H groups in total. The summed E-state index contributed by atoms with van der Waals surface area (Å²) in [4.78, 5) is 17.9. The van der Waals surface area contributed by atoms with Crippen LogP contribution >= 0.6 is 23.7 Å². The van der Waals surface area contributed by atoms with Crippen molar-refractivity contribution in [1.82, 2.24) is 20.3 Å². The van der Waals surface area contributed by atoms with Crippen LogP contribution in [0.3, 0.4) is 0 Å². The van der Waals surface area contributed by atoms with Crippen LogP contribution in [-0.4, -0.2) is 62.0 Å². The van der Waals surface area contributed by atoms with Gasteiger partial charge in [-0.25, -0.2) is 9.97 Å². The van der Waals surface area contributed by atoms with Gasteiger partial charge in [-0.3, -0.25) is 0 Å². The fourth-order valence-electron chi connectivity index (χ4n) is 4.17. The van der Waals surface area contributed by atoms with Gasteiger partial charge in [0.25, 0.3) is 0 Å². The average molecular weight is 502 g/mol. The molecule has 0 saturated carbocycles. The van der Waals surface area contributed by atoms with E-state index in [0.29, 0.717) is 24.0 Å². The van der Waals surface area contributed by atoms with E-state index in [9.17, 15) is 0 Å². The van der Waals surface area contributed by atoms with Gasteiger partial charge in [0.2, 0.25) is 11.8 Å². The molecule has 0 radical (unpaired) electrons. The summed E-state index contributed by atoms with van der Waals surface area (Å²) in [5.41, 5.74) is 3.86. The number of halogens is 1. The predicted octanol–water partition coefficient (Wildman–Crippen LogP) is 4.46. The zero-order valence-electron chi connectivity index (χ0n) is 19.7. The van der Waals surface area contributed by atoms with Gasteiger partial charge in [-0.2, -0.15) is 4.98 Å². The SMILES string of the molecule is CCOc1nc(N2CCNCC2)nc2c1sc1nc(-c3ccc(OC)c(OC)c3)cc(C)c12.Cl. The maximum atomic E-state index is 5.95. The van der Waals surface area contributed by atoms with Crippen molar-refractivity contribution in [2.45, 2.75) is 13.8 Å². The molecule has 1 aromatic carbocycles. The zero-order chi connectivity index (χ0) is 22.9. The van der Waals surface area contributed by atoms with Crippen LogP contribution in [0.5, 0.6) is 17.4 Å². The van der Waals surface area contributed by atoms with Crippen molar-refractivity contribution < 1.29 is 14.2 Å². The van der Waals surface area contributed by atoms with E-state index < -0.39 is 0 Å². The Bertz CT molecular complexity index is 1320. The van der Waals surface area contributed by atoms with Gasteiger partial charge in [0, 0.05) is 37.1 Å². The molecule has 10 heteroatoms. The summed E-state index contributed by atoms with van der Waals surface area (Å²) >= 11 is 1.58. The Balaban J connectivity index is 0.00000274. The first-order valence-corrected chi connectivity index (χ1v) is 11.9. The van der Waals surface area contributed by atoms with E-state index in [-0.39, 0.29) is 12.4 Å². The second-order valence-corrected chi connectivity index (χ2v) is 8.85. The Hall–Kier alpha value is -2.88. The van der Waals surface area contributed by atoms with Crippen LogP contribution in [0.25, 0.3) is 31.7 Å². The fourth-order valence-corrected chi connectivity index (χ4v) is 5.30. The standard InChI is InChI=1S/C24H27N5O3S.ClH/c1-5-32-22-21-20(27-24(28-22)29-10-8-25-9-11-29)19-14(2)12-16(26-23(19)33-21)15-6-7-17(30-3)18(13-15)31-4;/h6-7,12-13,25H,5,8-11H2,1-4H3;1H. The molecule has 0 unspecified atom stereocenters. The normalized spacial score (nSPS) is 13.7. The van der Waals surface area contributed by atoms with Crippen LogP contribution in [0.1, 0.15) is 12.5 Å². The van der Waals surface area contributed by atoms with E-state index in [2.05, 4.69) is 23.2 Å². The van der Waals surface area contributed by atoms with Gasteiger partial charge in [0.15, 0.2) is 11.5 Å². The predicted molar refractivity (Wildman–Crippen MR) is 139 cm³/mol. The number of pyridine rings is 1. The first-order valence-electron chi connectivity index (χ1n) is 11.1. The molecule has 5 rings (SSSR count). The number of fused-ring (bicyclic) bond motifs is 3. The number of hydrogen-bond acceptors (Lipinski definition) is 9. The number of hydrogen-bond donors (Lipinski definition) is 1. The molecule has 0 aliphatic carbocycles. The third kappa shape index (κ3) is 4.31. The molecule has 1 fully saturated rings. The quantitative estimate of drug-likeness (QED) is 0.414. The largest absolute Gasteiger partial charge is 0.493 e. The minimum absolute atomic E-state index is 0. The summed E-state index contributed by atoms with van der Waals surface area (Å²) in [5.74, 6) is 2.72. The molecular weight excluding hydrogens is 474 g/mol. The van der Waals surface area contributed by atoms with Crippen molar-refractivity contribution in [2.75, 3.05) is 51.9 Å². The van der Waals surface area contributed by atoms with Gasteiger partial charge in [-0.1, -0.05) is 0 Å². The van der Waals surface area contributed by atoms with Gasteiger partial charge < -0.3 is 24.4 Å². The number of nitrogens with zero attached hydrogens (tertiary/aromatic N) is 4. The Morgan fingerprint density at radius 2 is 1.79 bits per heavy atom. The molecule has 1 aliphatic rings. The monoisotopic (exact) mass is 501 g/mol. The molecule has 4 heterocycles. The molecule has 8 nitrogen and oxygen atoms in total. The summed E-state index contributed by atoms with van der Waals surface area (Å²) in [5, 5.41) is 4.43. The Labute approximate surface area is 208 Å². The molecule has 4 aromatic rings. The highest BCUT2D eigenvalue weighted by molar-refractivity contribution is 7.25. The first kappa shape index (κ1) is 24.3. The molecule has 0 atom stereocenters. The Kier molecular flexibility index (Phi) is 7.25. The number of rotatable bonds is 6. The van der Waals surface area contributed by atoms with Crippen molar-refractivity contribution in [3.63, 3.8) is 0 Å². The summed E-state index contributed by atoms with van der Waals surface area (Å²) in [6, 6.07) is 7.95. The van der Waals surface area contributed by atoms with Gasteiger partial charge in [-0.05, 0) is 43.7 Å². The van der Waals surface area contributed by atoms with E-state index in [1.807, 2.05) is 25.1 Å². The topological polar surface area (TPSA) is 81.6 Å². The van der Waals surface area contributed by atoms with Crippen LogP contribution in [-0.2, 0) is 0 Å². The summed E-state index contributed by atoms with van der Waals surface area (Å²) in [6.45, 7) is 8.22. The van der Waals surface area contributed by atoms with Crippen molar-refractivity contribution in [1.29, 1.82) is 0 Å². The number of methoxy groups -OCH3 is 2. The summed E-state index contributed by atoms with van der Waals surface area (Å²) < 4.78 is 17.7. The summed E-state index contributed by atoms with van der Waals surface area (Å²) in [6.07, 6.45) is 0. The second kappa shape index (κ2) is 10.2. The molecule has 180 valence electrons. The van der Waals surface area contributed by atoms with E-state index in [1.165, 1.54) is 0 Å². The second-order valence-electron chi connectivity index (χ2n) is 7.85. The molecule has 0 amide bonds. The van der Waals surface area contributed by atoms with Gasteiger partial charge in [0.1, 0.15) is 15.0 Å². The third-order valence-electron chi connectivity index (χ3n) is 5.80. The van der Waals surface area contributed by atoms with Crippen molar-refractivity contribution >= 4 is 50.1 Å². The minimum Gasteiger partial charge on any atom is -0.493 e. The van der Waals surface area contributed by atoms with Crippen LogP contribution < -0.4 is 24.4 Å². The molecule has 1 saturated heterocycles. The smallest absolute Gasteiger partial charge is 0.236 e. The van der Waals surface area contributed by atoms with Crippen LogP contribution in [0.4, 0.5) is 5.95 Å². The number of thiophene rings is 1. The molecular formula is C24H28ClN5O3S. The lowest BCUT2D eigenvalue weighted by Crippen LogP contribution is -2.44. The highest BCUT2D eigenvalue weighted by atomic mass is 35.5. The van der Waals surface area contributed by atoms with Gasteiger partial charge in [0.05, 0.1) is 26.5 Å². The number of benzene rings is 1. The van der Waals surface area contributed by atoms with Crippen molar-refractivity contribution in [3.8, 4) is 28.6 Å². The highest BCUT2D eigenvalue weighted by Gasteiger charge is 2.22. The van der Waals surface area contributed by atoms with Crippen LogP contribution in [0.2, 0.25) is 0 Å². The number of piperazine rings is 1. The lowest BCUT2D eigenvalue weighted by Gasteiger charge is -2.27. The molecule has 0 bridgehead atoms. The number of nitrogens with one attached hydrogen (secondary N) is 1. The number of aromatic nitrogens is 3. The fraction of sp³-hybridized carbons (Fsp3) is 0.375. The minimum atomic E-state index is 0. The molecule has 3 aromatic heterocycles. The van der Waals surface area contributed by atoms with Gasteiger partial charge in [-0.15, -0.1) is 23.7 Å². The molecule has 1 aliphatic heterocycles. The molecule has 34 heavy (non-hydrogen) atoms.